The van der Waals surface area contributed by atoms with Gasteiger partial charge in [-0.3, -0.25) is 0 Å². The molecule has 0 spiro atoms. The summed E-state index contributed by atoms with van der Waals surface area (Å²) in [4.78, 5) is 21.3. The molecule has 0 saturated carbocycles. The maximum atomic E-state index is 11.1. The van der Waals surface area contributed by atoms with Gasteiger partial charge in [0, 0.05) is 7.11 Å². The Morgan fingerprint density at radius 2 is 1.77 bits per heavy atom. The lowest BCUT2D eigenvalue weighted by atomic mass is 10.2. The molecule has 0 fully saturated rings. The van der Waals surface area contributed by atoms with E-state index in [0.29, 0.717) is 0 Å². The number of carboxylic acid groups (broad SMARTS) is 1. The van der Waals surface area contributed by atoms with Crippen molar-refractivity contribution in [3.63, 3.8) is 0 Å². The topological polar surface area (TPSA) is 65.0 Å². The van der Waals surface area contributed by atoms with Gasteiger partial charge in [-0.2, -0.15) is 4.89 Å². The van der Waals surface area contributed by atoms with Crippen LogP contribution in [0.15, 0.2) is 60.7 Å². The van der Waals surface area contributed by atoms with Crippen molar-refractivity contribution >= 4 is 12.0 Å². The first kappa shape index (κ1) is 15.8. The number of carboxylic acids is 1. The van der Waals surface area contributed by atoms with E-state index in [-0.39, 0.29) is 11.3 Å². The highest BCUT2D eigenvalue weighted by atomic mass is 17.2. The van der Waals surface area contributed by atoms with Crippen molar-refractivity contribution in [3.05, 3.63) is 71.8 Å². The molecule has 1 unspecified atom stereocenters. The highest BCUT2D eigenvalue weighted by Gasteiger charge is 2.13. The number of methoxy groups -OCH3 is 1. The highest BCUT2D eigenvalue weighted by Crippen LogP contribution is 2.19. The highest BCUT2D eigenvalue weighted by molar-refractivity contribution is 5.90. The van der Waals surface area contributed by atoms with Gasteiger partial charge in [0.25, 0.3) is 0 Å². The molecule has 1 N–H and O–H groups in total. The van der Waals surface area contributed by atoms with Crippen LogP contribution in [0.3, 0.4) is 0 Å². The summed E-state index contributed by atoms with van der Waals surface area (Å²) in [5.74, 6) is -0.974. The van der Waals surface area contributed by atoms with Crippen LogP contribution in [-0.2, 0) is 9.62 Å². The Labute approximate surface area is 128 Å². The standard InChI is InChI=1S/C17H16O5/c1-20-16(12-11-13-7-3-2-4-8-13)22-21-15-10-6-5-9-14(15)17(18)19/h2-12,16H,1H3,(H,18,19). The summed E-state index contributed by atoms with van der Waals surface area (Å²) >= 11 is 0. The molecule has 2 aromatic carbocycles. The van der Waals surface area contributed by atoms with Crippen molar-refractivity contribution in [2.75, 3.05) is 7.11 Å². The summed E-state index contributed by atoms with van der Waals surface area (Å²) < 4.78 is 5.11. The second kappa shape index (κ2) is 7.97. The van der Waals surface area contributed by atoms with Crippen LogP contribution in [0.25, 0.3) is 6.08 Å². The van der Waals surface area contributed by atoms with E-state index in [1.165, 1.54) is 19.2 Å². The third kappa shape index (κ3) is 4.44. The smallest absolute Gasteiger partial charge is 0.339 e. The lowest BCUT2D eigenvalue weighted by molar-refractivity contribution is -0.294. The van der Waals surface area contributed by atoms with Gasteiger partial charge in [-0.1, -0.05) is 48.5 Å². The Bertz CT molecular complexity index is 637. The Kier molecular flexibility index (Phi) is 5.71. The van der Waals surface area contributed by atoms with E-state index in [9.17, 15) is 4.79 Å². The minimum absolute atomic E-state index is 0.0180. The van der Waals surface area contributed by atoms with Crippen LogP contribution >= 0.6 is 0 Å². The van der Waals surface area contributed by atoms with E-state index >= 15 is 0 Å². The molecular formula is C17H16O5. The second-order valence-corrected chi connectivity index (χ2v) is 4.35. The van der Waals surface area contributed by atoms with Crippen LogP contribution in [0.5, 0.6) is 5.75 Å². The van der Waals surface area contributed by atoms with Crippen LogP contribution < -0.4 is 4.89 Å². The third-order valence-corrected chi connectivity index (χ3v) is 2.83. The Morgan fingerprint density at radius 3 is 2.45 bits per heavy atom. The minimum Gasteiger partial charge on any atom is -0.478 e. The zero-order valence-electron chi connectivity index (χ0n) is 12.0. The second-order valence-electron chi connectivity index (χ2n) is 4.35. The molecule has 114 valence electrons. The fraction of sp³-hybridized carbons (Fsp3) is 0.118. The van der Waals surface area contributed by atoms with Crippen molar-refractivity contribution in [1.29, 1.82) is 0 Å². The summed E-state index contributed by atoms with van der Waals surface area (Å²) in [5, 5.41) is 9.06. The fourth-order valence-electron chi connectivity index (χ4n) is 1.72. The molecule has 0 aliphatic rings. The molecular weight excluding hydrogens is 284 g/mol. The normalized spacial score (nSPS) is 12.2. The van der Waals surface area contributed by atoms with Gasteiger partial charge in [-0.05, 0) is 23.8 Å². The summed E-state index contributed by atoms with van der Waals surface area (Å²) in [7, 11) is 1.46. The molecule has 1 atom stereocenters. The predicted molar refractivity (Wildman–Crippen MR) is 81.4 cm³/mol. The molecule has 5 heteroatoms. The van der Waals surface area contributed by atoms with Gasteiger partial charge >= 0.3 is 5.97 Å². The average molecular weight is 300 g/mol. The Hall–Kier alpha value is -2.63. The molecule has 5 nitrogen and oxygen atoms in total. The Balaban J connectivity index is 2.00. The number of benzene rings is 2. The number of rotatable bonds is 7. The van der Waals surface area contributed by atoms with Gasteiger partial charge in [0.05, 0.1) is 0 Å². The number of hydrogen-bond donors (Lipinski definition) is 1. The zero-order valence-corrected chi connectivity index (χ0v) is 12.0. The maximum absolute atomic E-state index is 11.1. The van der Waals surface area contributed by atoms with Crippen LogP contribution in [0, 0.1) is 0 Å². The molecule has 2 rings (SSSR count). The average Bonchev–Trinajstić information content (AvgIpc) is 2.56. The fourth-order valence-corrected chi connectivity index (χ4v) is 1.72. The van der Waals surface area contributed by atoms with Gasteiger partial charge in [0.1, 0.15) is 5.56 Å². The first-order valence-electron chi connectivity index (χ1n) is 6.62. The summed E-state index contributed by atoms with van der Waals surface area (Å²) in [6.45, 7) is 0. The number of carbonyl (C=O) groups is 1. The number of para-hydroxylation sites is 1. The third-order valence-electron chi connectivity index (χ3n) is 2.83. The van der Waals surface area contributed by atoms with Crippen molar-refractivity contribution < 1.29 is 24.4 Å². The molecule has 0 heterocycles. The number of ether oxygens (including phenoxy) is 1. The van der Waals surface area contributed by atoms with Crippen molar-refractivity contribution in [3.8, 4) is 5.75 Å². The van der Waals surface area contributed by atoms with Gasteiger partial charge < -0.3 is 14.7 Å². The van der Waals surface area contributed by atoms with Crippen molar-refractivity contribution in [2.24, 2.45) is 0 Å². The summed E-state index contributed by atoms with van der Waals surface area (Å²) in [5.41, 5.74) is 1.00. The molecule has 0 saturated heterocycles. The van der Waals surface area contributed by atoms with E-state index in [4.69, 9.17) is 19.6 Å². The summed E-state index contributed by atoms with van der Waals surface area (Å²) in [6, 6.07) is 15.8. The first-order valence-corrected chi connectivity index (χ1v) is 6.62. The number of hydrogen-bond acceptors (Lipinski definition) is 4. The largest absolute Gasteiger partial charge is 0.478 e. The van der Waals surface area contributed by atoms with Crippen LogP contribution in [0.2, 0.25) is 0 Å². The van der Waals surface area contributed by atoms with Crippen LogP contribution in [0.4, 0.5) is 0 Å². The first-order chi connectivity index (χ1) is 10.7. The van der Waals surface area contributed by atoms with E-state index in [1.54, 1.807) is 18.2 Å². The van der Waals surface area contributed by atoms with Gasteiger partial charge in [0.15, 0.2) is 5.75 Å². The summed E-state index contributed by atoms with van der Waals surface area (Å²) in [6.07, 6.45) is 2.72. The van der Waals surface area contributed by atoms with E-state index in [2.05, 4.69) is 0 Å². The van der Waals surface area contributed by atoms with E-state index in [0.717, 1.165) is 5.56 Å². The molecule has 22 heavy (non-hydrogen) atoms. The Morgan fingerprint density at radius 1 is 1.09 bits per heavy atom. The van der Waals surface area contributed by atoms with E-state index in [1.807, 2.05) is 36.4 Å². The van der Waals surface area contributed by atoms with Crippen LogP contribution in [0.1, 0.15) is 15.9 Å². The molecule has 0 radical (unpaired) electrons. The zero-order chi connectivity index (χ0) is 15.8. The molecule has 0 bridgehead atoms. The molecule has 2 aromatic rings. The molecule has 0 aliphatic carbocycles. The SMILES string of the molecule is COC(C=Cc1ccccc1)OOc1ccccc1C(=O)O. The van der Waals surface area contributed by atoms with Gasteiger partial charge in [-0.25, -0.2) is 4.79 Å². The predicted octanol–water partition coefficient (Wildman–Crippen LogP) is 3.38. The van der Waals surface area contributed by atoms with Gasteiger partial charge in [-0.15, -0.1) is 0 Å². The monoisotopic (exact) mass is 300 g/mol. The lowest BCUT2D eigenvalue weighted by Gasteiger charge is -2.12. The minimum atomic E-state index is -1.09. The number of aromatic carboxylic acids is 1. The lowest BCUT2D eigenvalue weighted by Crippen LogP contribution is -2.15. The van der Waals surface area contributed by atoms with E-state index < -0.39 is 12.3 Å². The quantitative estimate of drug-likeness (QED) is 0.482. The maximum Gasteiger partial charge on any atom is 0.339 e. The van der Waals surface area contributed by atoms with Crippen molar-refractivity contribution in [1.82, 2.24) is 0 Å². The molecule has 0 amide bonds. The molecule has 0 aromatic heterocycles. The van der Waals surface area contributed by atoms with Gasteiger partial charge in [0.2, 0.25) is 6.29 Å². The van der Waals surface area contributed by atoms with Crippen LogP contribution in [-0.4, -0.2) is 24.5 Å². The van der Waals surface area contributed by atoms with Crippen molar-refractivity contribution in [2.45, 2.75) is 6.29 Å². The molecule has 0 aliphatic heterocycles.